The molecule has 0 aromatic carbocycles. The van der Waals surface area contributed by atoms with Crippen molar-refractivity contribution in [3.8, 4) is 0 Å². The average molecular weight is 402 g/mol. The summed E-state index contributed by atoms with van der Waals surface area (Å²) in [4.78, 5) is 23.2. The molecule has 4 aromatic heterocycles. The highest BCUT2D eigenvalue weighted by Crippen LogP contribution is 2.32. The molecule has 8 nitrogen and oxygen atoms in total. The van der Waals surface area contributed by atoms with Crippen LogP contribution >= 0.6 is 12.4 Å². The Kier molecular flexibility index (Phi) is 4.46. The van der Waals surface area contributed by atoms with Gasteiger partial charge in [0.15, 0.2) is 17.2 Å². The minimum atomic E-state index is -0.443. The number of fused-ring (bicyclic) bond motifs is 3. The van der Waals surface area contributed by atoms with Crippen molar-refractivity contribution in [2.75, 3.05) is 23.3 Å². The van der Waals surface area contributed by atoms with E-state index < -0.39 is 5.82 Å². The summed E-state index contributed by atoms with van der Waals surface area (Å²) >= 11 is 0. The predicted molar refractivity (Wildman–Crippen MR) is 105 cm³/mol. The van der Waals surface area contributed by atoms with E-state index in [4.69, 9.17) is 4.42 Å². The van der Waals surface area contributed by atoms with Gasteiger partial charge in [-0.3, -0.25) is 0 Å². The van der Waals surface area contributed by atoms with Crippen molar-refractivity contribution in [3.05, 3.63) is 41.9 Å². The maximum Gasteiger partial charge on any atom is 0.229 e. The summed E-state index contributed by atoms with van der Waals surface area (Å²) in [6, 6.07) is 2.17. The van der Waals surface area contributed by atoms with Crippen LogP contribution in [0.3, 0.4) is 0 Å². The molecular weight excluding hydrogens is 385 g/mol. The lowest BCUT2D eigenvalue weighted by molar-refractivity contribution is 0.531. The second-order valence-electron chi connectivity index (χ2n) is 6.71. The zero-order valence-corrected chi connectivity index (χ0v) is 16.0. The molecule has 1 aliphatic heterocycles. The molecule has 28 heavy (non-hydrogen) atoms. The van der Waals surface area contributed by atoms with Gasteiger partial charge in [0.05, 0.1) is 23.8 Å². The number of rotatable bonds is 3. The van der Waals surface area contributed by atoms with Gasteiger partial charge in [-0.05, 0) is 25.5 Å². The fraction of sp³-hybridized carbons (Fsp3) is 0.278. The third-order valence-corrected chi connectivity index (χ3v) is 4.66. The average Bonchev–Trinajstić information content (AvgIpc) is 2.98. The lowest BCUT2D eigenvalue weighted by Gasteiger charge is -2.39. The number of anilines is 2. The summed E-state index contributed by atoms with van der Waals surface area (Å²) in [7, 11) is 0. The van der Waals surface area contributed by atoms with Crippen molar-refractivity contribution < 1.29 is 8.81 Å². The Bertz CT molecular complexity index is 1160. The van der Waals surface area contributed by atoms with E-state index in [-0.39, 0.29) is 18.4 Å². The van der Waals surface area contributed by atoms with Crippen molar-refractivity contribution >= 4 is 46.4 Å². The van der Waals surface area contributed by atoms with E-state index in [0.29, 0.717) is 36.2 Å². The first-order valence-electron chi connectivity index (χ1n) is 8.59. The van der Waals surface area contributed by atoms with Crippen molar-refractivity contribution in [3.63, 3.8) is 0 Å². The molecule has 0 spiro atoms. The molecule has 0 saturated carbocycles. The van der Waals surface area contributed by atoms with E-state index in [1.54, 1.807) is 0 Å². The number of halogens is 2. The maximum atomic E-state index is 12.9. The Hall–Kier alpha value is -3.07. The van der Waals surface area contributed by atoms with Crippen LogP contribution < -0.4 is 10.2 Å². The standard InChI is InChI=1S/C18H16FN7O.ClH/c1-9-3-10(2)24-17-13(9)14-15(27-17)16(23-8-22-14)25-12-6-26(7-12)18-20-4-11(19)5-21-18;/h3-5,8,12H,6-7H2,1-2H3,(H,22,23,25);1H. The van der Waals surface area contributed by atoms with Crippen LogP contribution in [0.2, 0.25) is 0 Å². The first-order valence-corrected chi connectivity index (χ1v) is 8.59. The topological polar surface area (TPSA) is 92.9 Å². The van der Waals surface area contributed by atoms with E-state index in [2.05, 4.69) is 30.2 Å². The molecule has 0 amide bonds. The summed E-state index contributed by atoms with van der Waals surface area (Å²) in [6.45, 7) is 5.33. The second kappa shape index (κ2) is 6.83. The predicted octanol–water partition coefficient (Wildman–Crippen LogP) is 3.04. The Morgan fingerprint density at radius 2 is 1.89 bits per heavy atom. The molecule has 0 unspecified atom stereocenters. The smallest absolute Gasteiger partial charge is 0.229 e. The zero-order chi connectivity index (χ0) is 18.5. The van der Waals surface area contributed by atoms with Crippen molar-refractivity contribution in [2.45, 2.75) is 19.9 Å². The SMILES string of the molecule is Cc1cc(C)c2c(n1)oc1c(NC3CN(c4ncc(F)cn4)C3)ncnc12.Cl. The molecule has 0 atom stereocenters. The van der Waals surface area contributed by atoms with Gasteiger partial charge in [0.2, 0.25) is 11.7 Å². The van der Waals surface area contributed by atoms with Gasteiger partial charge in [-0.1, -0.05) is 0 Å². The molecule has 0 bridgehead atoms. The molecular formula is C18H17ClFN7O. The molecule has 1 N–H and O–H groups in total. The summed E-state index contributed by atoms with van der Waals surface area (Å²) < 4.78 is 18.9. The van der Waals surface area contributed by atoms with Gasteiger partial charge in [0, 0.05) is 18.8 Å². The van der Waals surface area contributed by atoms with Crippen LogP contribution in [0.5, 0.6) is 0 Å². The van der Waals surface area contributed by atoms with E-state index >= 15 is 0 Å². The number of hydrogen-bond acceptors (Lipinski definition) is 8. The number of nitrogens with zero attached hydrogens (tertiary/aromatic N) is 6. The number of hydrogen-bond donors (Lipinski definition) is 1. The van der Waals surface area contributed by atoms with Crippen LogP contribution in [0.4, 0.5) is 16.2 Å². The monoisotopic (exact) mass is 401 g/mol. The molecule has 4 aromatic rings. The van der Waals surface area contributed by atoms with E-state index in [1.165, 1.54) is 18.7 Å². The quantitative estimate of drug-likeness (QED) is 0.560. The van der Waals surface area contributed by atoms with Crippen LogP contribution in [0.1, 0.15) is 11.3 Å². The largest absolute Gasteiger partial charge is 0.432 e. The normalized spacial score (nSPS) is 14.2. The number of nitrogens with one attached hydrogen (secondary N) is 1. The van der Waals surface area contributed by atoms with Crippen LogP contribution in [0, 0.1) is 19.7 Å². The van der Waals surface area contributed by atoms with Gasteiger partial charge < -0.3 is 14.6 Å². The first kappa shape index (κ1) is 18.3. The van der Waals surface area contributed by atoms with Crippen molar-refractivity contribution in [2.24, 2.45) is 0 Å². The molecule has 1 fully saturated rings. The zero-order valence-electron chi connectivity index (χ0n) is 15.2. The first-order chi connectivity index (χ1) is 13.1. The van der Waals surface area contributed by atoms with Crippen LogP contribution in [-0.2, 0) is 0 Å². The van der Waals surface area contributed by atoms with E-state index in [1.807, 2.05) is 24.8 Å². The lowest BCUT2D eigenvalue weighted by Crippen LogP contribution is -2.55. The molecule has 144 valence electrons. The Balaban J connectivity index is 0.00000192. The summed E-state index contributed by atoms with van der Waals surface area (Å²) in [5.41, 5.74) is 3.90. The Morgan fingerprint density at radius 1 is 1.14 bits per heavy atom. The fourth-order valence-corrected chi connectivity index (χ4v) is 3.41. The van der Waals surface area contributed by atoms with Crippen LogP contribution in [-0.4, -0.2) is 44.1 Å². The van der Waals surface area contributed by atoms with Crippen molar-refractivity contribution in [1.82, 2.24) is 24.9 Å². The number of aromatic nitrogens is 5. The molecule has 5 rings (SSSR count). The highest BCUT2D eigenvalue weighted by atomic mass is 35.5. The molecule has 1 saturated heterocycles. The highest BCUT2D eigenvalue weighted by molar-refractivity contribution is 6.05. The summed E-state index contributed by atoms with van der Waals surface area (Å²) in [5.74, 6) is 0.711. The highest BCUT2D eigenvalue weighted by Gasteiger charge is 2.30. The maximum absolute atomic E-state index is 12.9. The van der Waals surface area contributed by atoms with Gasteiger partial charge in [0.25, 0.3) is 0 Å². The van der Waals surface area contributed by atoms with Gasteiger partial charge in [0.1, 0.15) is 11.8 Å². The van der Waals surface area contributed by atoms with Crippen LogP contribution in [0.15, 0.2) is 29.2 Å². The number of pyridine rings is 1. The molecule has 10 heteroatoms. The van der Waals surface area contributed by atoms with Gasteiger partial charge in [-0.2, -0.15) is 0 Å². The third kappa shape index (κ3) is 2.97. The molecule has 0 aliphatic carbocycles. The van der Waals surface area contributed by atoms with Gasteiger partial charge >= 0.3 is 0 Å². The summed E-state index contributed by atoms with van der Waals surface area (Å²) in [5, 5.41) is 4.30. The second-order valence-corrected chi connectivity index (χ2v) is 6.71. The third-order valence-electron chi connectivity index (χ3n) is 4.66. The summed E-state index contributed by atoms with van der Waals surface area (Å²) in [6.07, 6.45) is 3.87. The minimum absolute atomic E-state index is 0. The Labute approximate surface area is 165 Å². The fourth-order valence-electron chi connectivity index (χ4n) is 3.41. The van der Waals surface area contributed by atoms with Gasteiger partial charge in [-0.25, -0.2) is 29.3 Å². The van der Waals surface area contributed by atoms with Crippen LogP contribution in [0.25, 0.3) is 22.2 Å². The molecule has 5 heterocycles. The van der Waals surface area contributed by atoms with E-state index in [9.17, 15) is 4.39 Å². The molecule has 1 aliphatic rings. The van der Waals surface area contributed by atoms with Gasteiger partial charge in [-0.15, -0.1) is 12.4 Å². The Morgan fingerprint density at radius 3 is 2.64 bits per heavy atom. The molecule has 0 radical (unpaired) electrons. The van der Waals surface area contributed by atoms with E-state index in [0.717, 1.165) is 22.2 Å². The number of aryl methyl sites for hydroxylation is 2. The minimum Gasteiger partial charge on any atom is -0.432 e. The van der Waals surface area contributed by atoms with Crippen molar-refractivity contribution in [1.29, 1.82) is 0 Å². The number of furan rings is 1. The lowest BCUT2D eigenvalue weighted by atomic mass is 10.1.